The molecule has 1 rings (SSSR count). The molecule has 0 saturated carbocycles. The molecule has 1 aliphatic heterocycles. The van der Waals surface area contributed by atoms with Gasteiger partial charge in [-0.25, -0.2) is 0 Å². The first kappa shape index (κ1) is 10.1. The largest absolute Gasteiger partial charge is 0.378 e. The van der Waals surface area contributed by atoms with Crippen LogP contribution in [0.15, 0.2) is 0 Å². The lowest BCUT2D eigenvalue weighted by Crippen LogP contribution is -2.44. The first-order valence-electron chi connectivity index (χ1n) is 3.82. The van der Waals surface area contributed by atoms with Crippen LogP contribution >= 0.6 is 23.2 Å². The Balaban J connectivity index is 2.39. The lowest BCUT2D eigenvalue weighted by Gasteiger charge is -2.27. The smallest absolute Gasteiger partial charge is 0.242 e. The van der Waals surface area contributed by atoms with Gasteiger partial charge in [0.15, 0.2) is 0 Å². The Hall–Kier alpha value is 0.01000. The topological polar surface area (TPSA) is 29.5 Å². The number of ether oxygens (including phenoxy) is 1. The van der Waals surface area contributed by atoms with Gasteiger partial charge in [-0.1, -0.05) is 0 Å². The SMILES string of the molecule is O=C(C(Cl)CCl)N1CCOCC1. The Morgan fingerprint density at radius 2 is 2.08 bits per heavy atom. The van der Waals surface area contributed by atoms with Gasteiger partial charge in [-0.15, -0.1) is 23.2 Å². The maximum atomic E-state index is 11.4. The lowest BCUT2D eigenvalue weighted by molar-refractivity contribution is -0.134. The number of hydrogen-bond donors (Lipinski definition) is 0. The minimum Gasteiger partial charge on any atom is -0.378 e. The molecule has 1 unspecified atom stereocenters. The summed E-state index contributed by atoms with van der Waals surface area (Å²) in [4.78, 5) is 13.1. The zero-order chi connectivity index (χ0) is 8.97. The summed E-state index contributed by atoms with van der Waals surface area (Å²) in [6.45, 7) is 2.44. The second-order valence-corrected chi connectivity index (χ2v) is 3.39. The highest BCUT2D eigenvalue weighted by atomic mass is 35.5. The van der Waals surface area contributed by atoms with Gasteiger partial charge in [0.2, 0.25) is 5.91 Å². The number of hydrogen-bond acceptors (Lipinski definition) is 2. The fourth-order valence-corrected chi connectivity index (χ4v) is 1.32. The van der Waals surface area contributed by atoms with E-state index in [2.05, 4.69) is 0 Å². The first-order chi connectivity index (χ1) is 5.75. The number of halogens is 2. The molecule has 0 radical (unpaired) electrons. The van der Waals surface area contributed by atoms with Gasteiger partial charge in [0, 0.05) is 19.0 Å². The second kappa shape index (κ2) is 4.90. The molecule has 1 amide bonds. The predicted molar refractivity (Wildman–Crippen MR) is 47.8 cm³/mol. The van der Waals surface area contributed by atoms with Crippen molar-refractivity contribution in [2.24, 2.45) is 0 Å². The first-order valence-corrected chi connectivity index (χ1v) is 4.79. The van der Waals surface area contributed by atoms with Crippen molar-refractivity contribution < 1.29 is 9.53 Å². The molecule has 0 aromatic heterocycles. The summed E-state index contributed by atoms with van der Waals surface area (Å²) in [5, 5.41) is -0.593. The van der Waals surface area contributed by atoms with Crippen LogP contribution in [0.5, 0.6) is 0 Å². The molecule has 1 saturated heterocycles. The second-order valence-electron chi connectivity index (χ2n) is 2.56. The van der Waals surface area contributed by atoms with Gasteiger partial charge in [-0.3, -0.25) is 4.79 Å². The Bertz CT molecular complexity index is 159. The van der Waals surface area contributed by atoms with Crippen molar-refractivity contribution in [3.63, 3.8) is 0 Å². The van der Waals surface area contributed by atoms with E-state index >= 15 is 0 Å². The van der Waals surface area contributed by atoms with Gasteiger partial charge in [0.25, 0.3) is 0 Å². The normalized spacial score (nSPS) is 20.7. The van der Waals surface area contributed by atoms with E-state index in [1.165, 1.54) is 0 Å². The van der Waals surface area contributed by atoms with Gasteiger partial charge in [0.1, 0.15) is 5.38 Å². The molecule has 0 bridgehead atoms. The maximum absolute atomic E-state index is 11.4. The van der Waals surface area contributed by atoms with Crippen LogP contribution in [0.4, 0.5) is 0 Å². The number of carbonyl (C=O) groups is 1. The Kier molecular flexibility index (Phi) is 4.12. The summed E-state index contributed by atoms with van der Waals surface area (Å²) in [7, 11) is 0. The van der Waals surface area contributed by atoms with Crippen LogP contribution in [0.25, 0.3) is 0 Å². The monoisotopic (exact) mass is 211 g/mol. The quantitative estimate of drug-likeness (QED) is 0.630. The Morgan fingerprint density at radius 1 is 1.50 bits per heavy atom. The van der Waals surface area contributed by atoms with Crippen LogP contribution in [-0.4, -0.2) is 48.4 Å². The van der Waals surface area contributed by atoms with Crippen molar-refractivity contribution >= 4 is 29.1 Å². The molecule has 70 valence electrons. The molecule has 5 heteroatoms. The standard InChI is InChI=1S/C7H11Cl2NO2/c8-5-6(9)7(11)10-1-3-12-4-2-10/h6H,1-5H2. The molecule has 0 spiro atoms. The summed E-state index contributed by atoms with van der Waals surface area (Å²) < 4.78 is 5.09. The van der Waals surface area contributed by atoms with Crippen molar-refractivity contribution in [2.45, 2.75) is 5.38 Å². The zero-order valence-electron chi connectivity index (χ0n) is 6.63. The molecular formula is C7H11Cl2NO2. The van der Waals surface area contributed by atoms with Gasteiger partial charge in [0.05, 0.1) is 13.2 Å². The van der Waals surface area contributed by atoms with Gasteiger partial charge in [-0.2, -0.15) is 0 Å². The van der Waals surface area contributed by atoms with E-state index in [1.807, 2.05) is 0 Å². The number of morpholine rings is 1. The average Bonchev–Trinajstić information content (AvgIpc) is 2.17. The van der Waals surface area contributed by atoms with Crippen LogP contribution in [0.3, 0.4) is 0 Å². The molecule has 0 N–H and O–H groups in total. The number of amides is 1. The summed E-state index contributed by atoms with van der Waals surface area (Å²) in [6, 6.07) is 0. The minimum absolute atomic E-state index is 0.0880. The summed E-state index contributed by atoms with van der Waals surface area (Å²) in [6.07, 6.45) is 0. The number of nitrogens with zero attached hydrogens (tertiary/aromatic N) is 1. The summed E-state index contributed by atoms with van der Waals surface area (Å²) >= 11 is 11.1. The highest BCUT2D eigenvalue weighted by Crippen LogP contribution is 2.06. The van der Waals surface area contributed by atoms with E-state index in [0.29, 0.717) is 26.3 Å². The lowest BCUT2D eigenvalue weighted by atomic mass is 10.3. The molecule has 0 aromatic rings. The summed E-state index contributed by atoms with van der Waals surface area (Å²) in [5.41, 5.74) is 0. The maximum Gasteiger partial charge on any atom is 0.242 e. The molecule has 0 aromatic carbocycles. The Labute approximate surface area is 81.6 Å². The molecule has 1 fully saturated rings. The van der Waals surface area contributed by atoms with E-state index in [1.54, 1.807) is 4.90 Å². The molecular weight excluding hydrogens is 201 g/mol. The van der Waals surface area contributed by atoms with Crippen LogP contribution in [0, 0.1) is 0 Å². The van der Waals surface area contributed by atoms with E-state index in [-0.39, 0.29) is 11.8 Å². The van der Waals surface area contributed by atoms with Crippen molar-refractivity contribution in [2.75, 3.05) is 32.2 Å². The molecule has 3 nitrogen and oxygen atoms in total. The third kappa shape index (κ3) is 2.51. The number of alkyl halides is 2. The fourth-order valence-electron chi connectivity index (χ4n) is 1.05. The van der Waals surface area contributed by atoms with Crippen LogP contribution < -0.4 is 0 Å². The van der Waals surface area contributed by atoms with Crippen LogP contribution in [0.1, 0.15) is 0 Å². The van der Waals surface area contributed by atoms with Crippen molar-refractivity contribution in [3.8, 4) is 0 Å². The highest BCUT2D eigenvalue weighted by Gasteiger charge is 2.22. The van der Waals surface area contributed by atoms with Crippen molar-refractivity contribution in [1.29, 1.82) is 0 Å². The molecule has 1 aliphatic rings. The van der Waals surface area contributed by atoms with E-state index in [9.17, 15) is 4.79 Å². The zero-order valence-corrected chi connectivity index (χ0v) is 8.14. The molecule has 1 heterocycles. The van der Waals surface area contributed by atoms with Gasteiger partial charge < -0.3 is 9.64 Å². The average molecular weight is 212 g/mol. The summed E-state index contributed by atoms with van der Waals surface area (Å²) in [5.74, 6) is 0.0764. The molecule has 12 heavy (non-hydrogen) atoms. The fraction of sp³-hybridized carbons (Fsp3) is 0.857. The third-order valence-corrected chi connectivity index (χ3v) is 2.53. The molecule has 1 atom stereocenters. The Morgan fingerprint density at radius 3 is 2.58 bits per heavy atom. The van der Waals surface area contributed by atoms with E-state index < -0.39 is 5.38 Å². The highest BCUT2D eigenvalue weighted by molar-refractivity contribution is 6.35. The van der Waals surface area contributed by atoms with Gasteiger partial charge in [-0.05, 0) is 0 Å². The number of carbonyl (C=O) groups excluding carboxylic acids is 1. The molecule has 0 aliphatic carbocycles. The van der Waals surface area contributed by atoms with E-state index in [4.69, 9.17) is 27.9 Å². The van der Waals surface area contributed by atoms with Gasteiger partial charge >= 0.3 is 0 Å². The van der Waals surface area contributed by atoms with Crippen molar-refractivity contribution in [1.82, 2.24) is 4.90 Å². The van der Waals surface area contributed by atoms with E-state index in [0.717, 1.165) is 0 Å². The van der Waals surface area contributed by atoms with Crippen LogP contribution in [-0.2, 0) is 9.53 Å². The third-order valence-electron chi connectivity index (χ3n) is 1.73. The predicted octanol–water partition coefficient (Wildman–Crippen LogP) is 0.691. The van der Waals surface area contributed by atoms with Crippen molar-refractivity contribution in [3.05, 3.63) is 0 Å². The minimum atomic E-state index is -0.593. The number of rotatable bonds is 2. The van der Waals surface area contributed by atoms with Crippen LogP contribution in [0.2, 0.25) is 0 Å².